The van der Waals surface area contributed by atoms with Gasteiger partial charge >= 0.3 is 0 Å². The second kappa shape index (κ2) is 15.8. The molecule has 1 aromatic heterocycles. The Morgan fingerprint density at radius 3 is 1.60 bits per heavy atom. The summed E-state index contributed by atoms with van der Waals surface area (Å²) in [6, 6.07) is 71.6. The number of anilines is 6. The molecule has 0 aliphatic heterocycles. The van der Waals surface area contributed by atoms with Crippen LogP contribution < -0.4 is 9.80 Å². The smallest absolute Gasteiger partial charge is 0.187 e. The number of benzene rings is 9. The maximum atomic E-state index is 9.92. The Hall–Kier alpha value is -8.64. The molecular formula is C63H46N4O. The highest BCUT2D eigenvalue weighted by Crippen LogP contribution is 2.66. The second-order valence-corrected chi connectivity index (χ2v) is 18.6. The molecule has 1 spiro atoms. The van der Waals surface area contributed by atoms with Crippen LogP contribution in [0.25, 0.3) is 49.0 Å². The molecule has 0 N–H and O–H groups in total. The quantitative estimate of drug-likeness (QED) is 0.143. The molecule has 10 aromatic rings. The van der Waals surface area contributed by atoms with Crippen LogP contribution in [-0.2, 0) is 5.41 Å². The van der Waals surface area contributed by atoms with E-state index in [9.17, 15) is 5.26 Å². The van der Waals surface area contributed by atoms with Crippen molar-refractivity contribution in [1.82, 2.24) is 0 Å². The Morgan fingerprint density at radius 2 is 1.03 bits per heavy atom. The van der Waals surface area contributed by atoms with Gasteiger partial charge in [0.1, 0.15) is 5.58 Å². The third-order valence-corrected chi connectivity index (χ3v) is 14.3. The van der Waals surface area contributed by atoms with Gasteiger partial charge in [0.15, 0.2) is 11.3 Å². The molecule has 0 saturated carbocycles. The fraction of sp³-hybridized carbons (Fsp3) is 0.111. The predicted octanol–water partition coefficient (Wildman–Crippen LogP) is 17.5. The molecule has 324 valence electrons. The van der Waals surface area contributed by atoms with Crippen molar-refractivity contribution in [3.63, 3.8) is 0 Å². The van der Waals surface area contributed by atoms with Gasteiger partial charge in [-0.1, -0.05) is 137 Å². The van der Waals surface area contributed by atoms with E-state index in [0.29, 0.717) is 23.1 Å². The van der Waals surface area contributed by atoms with E-state index in [1.54, 1.807) is 0 Å². The highest BCUT2D eigenvalue weighted by molar-refractivity contribution is 6.20. The van der Waals surface area contributed by atoms with Gasteiger partial charge in [-0.15, -0.1) is 0 Å². The van der Waals surface area contributed by atoms with Gasteiger partial charge in [0.25, 0.3) is 0 Å². The number of furan rings is 1. The van der Waals surface area contributed by atoms with Crippen LogP contribution in [0.2, 0.25) is 0 Å². The van der Waals surface area contributed by atoms with Crippen molar-refractivity contribution < 1.29 is 4.42 Å². The number of nitrogens with zero attached hydrogens (tertiary/aromatic N) is 4. The van der Waals surface area contributed by atoms with Gasteiger partial charge in [0.05, 0.1) is 29.3 Å². The van der Waals surface area contributed by atoms with Crippen molar-refractivity contribution in [2.45, 2.75) is 44.9 Å². The molecule has 5 nitrogen and oxygen atoms in total. The summed E-state index contributed by atoms with van der Waals surface area (Å²) < 4.78 is 7.14. The Labute approximate surface area is 397 Å². The van der Waals surface area contributed by atoms with Crippen molar-refractivity contribution in [3.8, 4) is 28.3 Å². The Kier molecular flexibility index (Phi) is 9.47. The summed E-state index contributed by atoms with van der Waals surface area (Å²) in [4.78, 5) is 8.36. The topological polar surface area (TPSA) is 47.8 Å². The number of hydrogen-bond donors (Lipinski definition) is 0. The van der Waals surface area contributed by atoms with Gasteiger partial charge in [-0.2, -0.15) is 5.26 Å². The van der Waals surface area contributed by atoms with Gasteiger partial charge < -0.3 is 14.2 Å². The van der Waals surface area contributed by atoms with E-state index >= 15 is 0 Å². The maximum absolute atomic E-state index is 9.92. The highest BCUT2D eigenvalue weighted by Gasteiger charge is 2.53. The normalized spacial score (nSPS) is 12.8. The summed E-state index contributed by atoms with van der Waals surface area (Å²) in [6.45, 7) is 16.6. The third-order valence-electron chi connectivity index (χ3n) is 14.3. The van der Waals surface area contributed by atoms with E-state index in [4.69, 9.17) is 11.0 Å². The summed E-state index contributed by atoms with van der Waals surface area (Å²) >= 11 is 0. The predicted molar refractivity (Wildman–Crippen MR) is 279 cm³/mol. The SMILES string of the molecule is [C-]#[N+]c1ccc(N(c2ccc(C(C)C)cc2)c2ccc3c(c2)C2(c4ccccc4-c4ccccc42)c2cc(N(c4ccc(C#N)cc4)c4ccc(C(C)C)cc4)c4oc5ccccc5c4c2-3)cc1. The lowest BCUT2D eigenvalue weighted by atomic mass is 9.70. The van der Waals surface area contributed by atoms with E-state index in [0.717, 1.165) is 67.2 Å². The fourth-order valence-electron chi connectivity index (χ4n) is 11.0. The minimum absolute atomic E-state index is 0.369. The fourth-order valence-corrected chi connectivity index (χ4v) is 11.0. The van der Waals surface area contributed by atoms with Crippen molar-refractivity contribution in [2.24, 2.45) is 0 Å². The van der Waals surface area contributed by atoms with Crippen LogP contribution in [0.5, 0.6) is 0 Å². The van der Waals surface area contributed by atoms with Gasteiger partial charge in [-0.3, -0.25) is 0 Å². The maximum Gasteiger partial charge on any atom is 0.187 e. The van der Waals surface area contributed by atoms with E-state index in [1.807, 2.05) is 42.5 Å². The van der Waals surface area contributed by atoms with E-state index in [1.165, 1.54) is 44.5 Å². The zero-order valence-electron chi connectivity index (χ0n) is 38.3. The first-order valence-electron chi connectivity index (χ1n) is 23.4. The van der Waals surface area contributed by atoms with E-state index in [-0.39, 0.29) is 0 Å². The molecule has 2 aliphatic carbocycles. The lowest BCUT2D eigenvalue weighted by Crippen LogP contribution is -2.26. The van der Waals surface area contributed by atoms with Crippen LogP contribution in [0, 0.1) is 17.9 Å². The molecule has 9 aromatic carbocycles. The van der Waals surface area contributed by atoms with Crippen LogP contribution >= 0.6 is 0 Å². The standard InChI is InChI=1S/C63H46N4O/c1-39(2)42-20-28-45(29-21-42)66(46-32-24-44(65-5)25-33-46)49-34-35-52-56(36-49)63(54-15-9-6-12-50(54)51-13-7-10-16-55(51)63)57-37-58(62-61(60(52)57)53-14-8-11-17-59(53)68-62)67(47-26-18-41(38-64)19-27-47)48-30-22-43(23-31-48)40(3)4/h6-37,39-40H,1-4H3. The number of hydrogen-bond acceptors (Lipinski definition) is 4. The zero-order valence-corrected chi connectivity index (χ0v) is 38.3. The Bertz CT molecular complexity index is 3650. The van der Waals surface area contributed by atoms with E-state index < -0.39 is 5.41 Å². The van der Waals surface area contributed by atoms with Crippen LogP contribution in [-0.4, -0.2) is 0 Å². The number of para-hydroxylation sites is 1. The lowest BCUT2D eigenvalue weighted by Gasteiger charge is -2.33. The van der Waals surface area contributed by atoms with Gasteiger partial charge in [-0.05, 0) is 152 Å². The summed E-state index contributed by atoms with van der Waals surface area (Å²) in [6.07, 6.45) is 0. The molecule has 68 heavy (non-hydrogen) atoms. The average Bonchev–Trinajstić information content (AvgIpc) is 4.01. The highest BCUT2D eigenvalue weighted by atomic mass is 16.3. The minimum Gasteiger partial charge on any atom is -0.454 e. The van der Waals surface area contributed by atoms with Crippen LogP contribution in [0.4, 0.5) is 39.8 Å². The molecule has 12 rings (SSSR count). The zero-order chi connectivity index (χ0) is 46.3. The Balaban J connectivity index is 1.20. The summed E-state index contributed by atoms with van der Waals surface area (Å²) in [5.74, 6) is 0.762. The first kappa shape index (κ1) is 40.8. The van der Waals surface area contributed by atoms with Crippen LogP contribution in [0.3, 0.4) is 0 Å². The summed E-state index contributed by atoms with van der Waals surface area (Å²) in [5, 5.41) is 12.0. The molecule has 0 radical (unpaired) electrons. The Morgan fingerprint density at radius 1 is 0.515 bits per heavy atom. The molecule has 0 amide bonds. The second-order valence-electron chi connectivity index (χ2n) is 18.6. The molecular weight excluding hydrogens is 829 g/mol. The monoisotopic (exact) mass is 874 g/mol. The lowest BCUT2D eigenvalue weighted by molar-refractivity contribution is 0.668. The molecule has 0 bridgehead atoms. The molecule has 1 heterocycles. The number of rotatable bonds is 8. The van der Waals surface area contributed by atoms with Crippen molar-refractivity contribution in [2.75, 3.05) is 9.80 Å². The molecule has 0 unspecified atom stereocenters. The van der Waals surface area contributed by atoms with E-state index in [2.05, 4.69) is 200 Å². The van der Waals surface area contributed by atoms with Gasteiger partial charge in [-0.25, -0.2) is 4.85 Å². The van der Waals surface area contributed by atoms with Crippen LogP contribution in [0.1, 0.15) is 78.5 Å². The van der Waals surface area contributed by atoms with Crippen LogP contribution in [0.15, 0.2) is 199 Å². The summed E-state index contributed by atoms with van der Waals surface area (Å²) in [7, 11) is 0. The van der Waals surface area contributed by atoms with Gasteiger partial charge in [0.2, 0.25) is 0 Å². The first-order chi connectivity index (χ1) is 33.3. The molecule has 0 atom stereocenters. The summed E-state index contributed by atoms with van der Waals surface area (Å²) in [5.41, 5.74) is 20.1. The molecule has 0 saturated heterocycles. The van der Waals surface area contributed by atoms with Crippen molar-refractivity contribution in [3.05, 3.63) is 244 Å². The first-order valence-corrected chi connectivity index (χ1v) is 23.4. The number of nitriles is 1. The molecule has 2 aliphatic rings. The number of fused-ring (bicyclic) bond motifs is 14. The average molecular weight is 875 g/mol. The largest absolute Gasteiger partial charge is 0.454 e. The van der Waals surface area contributed by atoms with Crippen molar-refractivity contribution in [1.29, 1.82) is 5.26 Å². The molecule has 0 fully saturated rings. The van der Waals surface area contributed by atoms with Gasteiger partial charge in [0, 0.05) is 39.2 Å². The molecule has 5 heteroatoms. The third kappa shape index (κ3) is 6.06. The van der Waals surface area contributed by atoms with Crippen molar-refractivity contribution >= 4 is 61.8 Å². The minimum atomic E-state index is -0.728.